The van der Waals surface area contributed by atoms with Gasteiger partial charge in [0.1, 0.15) is 5.75 Å². The molecule has 0 spiro atoms. The van der Waals surface area contributed by atoms with Gasteiger partial charge in [-0.1, -0.05) is 17.8 Å². The minimum absolute atomic E-state index is 0.0506. The van der Waals surface area contributed by atoms with Gasteiger partial charge in [-0.05, 0) is 92.3 Å². The van der Waals surface area contributed by atoms with Crippen LogP contribution in [0.3, 0.4) is 0 Å². The van der Waals surface area contributed by atoms with E-state index in [2.05, 4.69) is 21.3 Å². The van der Waals surface area contributed by atoms with Gasteiger partial charge in [-0.3, -0.25) is 25.2 Å². The lowest BCUT2D eigenvalue weighted by Crippen LogP contribution is -2.29. The van der Waals surface area contributed by atoms with E-state index >= 15 is 0 Å². The third-order valence-corrected chi connectivity index (χ3v) is 9.23. The zero-order chi connectivity index (χ0) is 32.5. The average molecular weight is 653 g/mol. The fraction of sp³-hybridized carbons (Fsp3) is 0.152. The Hall–Kier alpha value is -5.27. The predicted octanol–water partition coefficient (Wildman–Crippen LogP) is 7.64. The molecule has 3 heterocycles. The first kappa shape index (κ1) is 30.7. The van der Waals surface area contributed by atoms with Crippen LogP contribution in [0.4, 0.5) is 17.1 Å². The van der Waals surface area contributed by atoms with Crippen LogP contribution in [0.5, 0.6) is 5.75 Å². The maximum atomic E-state index is 11.4. The minimum atomic E-state index is -0.441. The lowest BCUT2D eigenvalue weighted by molar-refractivity contribution is -0.385. The van der Waals surface area contributed by atoms with E-state index in [-0.39, 0.29) is 23.5 Å². The quantitative estimate of drug-likeness (QED) is 0.0963. The van der Waals surface area contributed by atoms with E-state index in [1.165, 1.54) is 43.1 Å². The lowest BCUT2D eigenvalue weighted by atomic mass is 9.96. The smallest absolute Gasteiger partial charge is 0.273 e. The van der Waals surface area contributed by atoms with Gasteiger partial charge in [0.05, 0.1) is 46.5 Å². The number of nitro benzene ring substituents is 2. The van der Waals surface area contributed by atoms with Gasteiger partial charge < -0.3 is 19.5 Å². The van der Waals surface area contributed by atoms with Crippen molar-refractivity contribution in [2.75, 3.05) is 12.0 Å². The Balaban J connectivity index is 1.39. The number of pyridine rings is 1. The van der Waals surface area contributed by atoms with Crippen LogP contribution in [-0.2, 0) is 0 Å². The highest BCUT2D eigenvalue weighted by atomic mass is 32.2. The first-order valence-corrected chi connectivity index (χ1v) is 15.4. The number of ether oxygens (including phenoxy) is 1. The molecule has 1 aliphatic rings. The number of methoxy groups -OCH3 is 1. The molecule has 2 atom stereocenters. The predicted molar refractivity (Wildman–Crippen MR) is 180 cm³/mol. The summed E-state index contributed by atoms with van der Waals surface area (Å²) >= 11 is 7.45. The Labute approximate surface area is 274 Å². The molecule has 1 saturated heterocycles. The standard InChI is InChI=1S/C33H28N6O5S2/c1-20-18-27(21(2)36(20)29-16-11-24(39(42)43)19-30(29)44-3)32-31(28-6-4-5-17-34-28)35-33(45)37(32)22-7-12-25(13-8-22)46-26-14-9-23(10-15-26)38(40)41/h4-19,31-32H,1-3H3,(H,35,45)/t31-,32-/m0/s1. The number of nitro groups is 2. The Morgan fingerprint density at radius 2 is 1.54 bits per heavy atom. The molecule has 6 rings (SSSR count). The van der Waals surface area contributed by atoms with Gasteiger partial charge in [-0.25, -0.2) is 0 Å². The first-order valence-electron chi connectivity index (χ1n) is 14.2. The SMILES string of the molecule is COc1cc([N+](=O)[O-])ccc1-n1c(C)cc([C@H]2[C@H](c3ccccn3)NC(=S)N2c2ccc(Sc3ccc([N+](=O)[O-])cc3)cc2)c1C. The normalized spacial score (nSPS) is 15.9. The number of rotatable bonds is 9. The molecule has 46 heavy (non-hydrogen) atoms. The molecule has 2 aromatic heterocycles. The van der Waals surface area contributed by atoms with Crippen molar-refractivity contribution in [3.05, 3.63) is 140 Å². The number of nitrogens with one attached hydrogen (secondary N) is 1. The molecule has 1 N–H and O–H groups in total. The van der Waals surface area contributed by atoms with Crippen molar-refractivity contribution >= 4 is 46.2 Å². The van der Waals surface area contributed by atoms with Crippen molar-refractivity contribution in [1.29, 1.82) is 0 Å². The number of nitrogens with zero attached hydrogens (tertiary/aromatic N) is 5. The highest BCUT2D eigenvalue weighted by Crippen LogP contribution is 2.45. The molecule has 0 saturated carbocycles. The van der Waals surface area contributed by atoms with E-state index < -0.39 is 9.85 Å². The van der Waals surface area contributed by atoms with Gasteiger partial charge in [0, 0.05) is 51.3 Å². The second-order valence-corrected chi connectivity index (χ2v) is 12.2. The van der Waals surface area contributed by atoms with E-state index in [1.54, 1.807) is 24.4 Å². The number of benzene rings is 3. The van der Waals surface area contributed by atoms with Crippen molar-refractivity contribution in [2.45, 2.75) is 35.7 Å². The van der Waals surface area contributed by atoms with Gasteiger partial charge in [0.2, 0.25) is 0 Å². The number of non-ortho nitro benzene ring substituents is 2. The van der Waals surface area contributed by atoms with Crippen LogP contribution in [0.15, 0.2) is 107 Å². The van der Waals surface area contributed by atoms with Crippen molar-refractivity contribution in [3.63, 3.8) is 0 Å². The van der Waals surface area contributed by atoms with Crippen LogP contribution >= 0.6 is 24.0 Å². The molecule has 11 nitrogen and oxygen atoms in total. The summed E-state index contributed by atoms with van der Waals surface area (Å²) in [7, 11) is 1.50. The number of aromatic nitrogens is 2. The van der Waals surface area contributed by atoms with Gasteiger partial charge in [-0.2, -0.15) is 0 Å². The Kier molecular flexibility index (Phi) is 8.43. The summed E-state index contributed by atoms with van der Waals surface area (Å²) in [4.78, 5) is 30.2. The molecule has 3 aromatic carbocycles. The zero-order valence-corrected chi connectivity index (χ0v) is 26.6. The van der Waals surface area contributed by atoms with Crippen molar-refractivity contribution in [3.8, 4) is 11.4 Å². The molecule has 0 amide bonds. The number of aryl methyl sites for hydroxylation is 1. The Bertz CT molecular complexity index is 1950. The monoisotopic (exact) mass is 652 g/mol. The van der Waals surface area contributed by atoms with Crippen LogP contribution in [0.2, 0.25) is 0 Å². The Morgan fingerprint density at radius 1 is 0.891 bits per heavy atom. The van der Waals surface area contributed by atoms with Gasteiger partial charge in [-0.15, -0.1) is 0 Å². The van der Waals surface area contributed by atoms with Crippen LogP contribution in [-0.4, -0.2) is 31.6 Å². The second kappa shape index (κ2) is 12.6. The van der Waals surface area contributed by atoms with E-state index in [9.17, 15) is 20.2 Å². The van der Waals surface area contributed by atoms with Crippen LogP contribution in [0, 0.1) is 34.1 Å². The molecule has 0 bridgehead atoms. The zero-order valence-electron chi connectivity index (χ0n) is 25.0. The molecule has 1 fully saturated rings. The third kappa shape index (κ3) is 5.77. The van der Waals surface area contributed by atoms with Crippen LogP contribution < -0.4 is 15.0 Å². The number of hydrogen-bond donors (Lipinski definition) is 1. The topological polar surface area (TPSA) is 129 Å². The third-order valence-electron chi connectivity index (χ3n) is 7.90. The van der Waals surface area contributed by atoms with Crippen LogP contribution in [0.25, 0.3) is 5.69 Å². The molecule has 1 aliphatic heterocycles. The van der Waals surface area contributed by atoms with E-state index in [4.69, 9.17) is 17.0 Å². The number of anilines is 1. The van der Waals surface area contributed by atoms with Crippen molar-refractivity contribution in [2.24, 2.45) is 0 Å². The summed E-state index contributed by atoms with van der Waals surface area (Å²) < 4.78 is 7.63. The van der Waals surface area contributed by atoms with Gasteiger partial charge in [0.15, 0.2) is 5.11 Å². The minimum Gasteiger partial charge on any atom is -0.494 e. The molecule has 0 radical (unpaired) electrons. The summed E-state index contributed by atoms with van der Waals surface area (Å²) in [5.74, 6) is 0.391. The van der Waals surface area contributed by atoms with Crippen molar-refractivity contribution in [1.82, 2.24) is 14.9 Å². The maximum absolute atomic E-state index is 11.4. The molecule has 5 aromatic rings. The maximum Gasteiger partial charge on any atom is 0.273 e. The Morgan fingerprint density at radius 3 is 2.15 bits per heavy atom. The molecule has 13 heteroatoms. The second-order valence-electron chi connectivity index (χ2n) is 10.6. The van der Waals surface area contributed by atoms with E-state index in [0.717, 1.165) is 38.1 Å². The number of hydrogen-bond acceptors (Lipinski definition) is 8. The average Bonchev–Trinajstić information content (AvgIpc) is 3.55. The highest BCUT2D eigenvalue weighted by molar-refractivity contribution is 7.99. The summed E-state index contributed by atoms with van der Waals surface area (Å²) in [5, 5.41) is 26.5. The van der Waals surface area contributed by atoms with E-state index in [1.807, 2.05) is 60.9 Å². The fourth-order valence-electron chi connectivity index (χ4n) is 5.82. The molecule has 0 unspecified atom stereocenters. The molecular formula is C33H28N6O5S2. The van der Waals surface area contributed by atoms with Gasteiger partial charge in [0.25, 0.3) is 11.4 Å². The van der Waals surface area contributed by atoms with Crippen LogP contribution in [0.1, 0.15) is 34.7 Å². The molecular weight excluding hydrogens is 625 g/mol. The van der Waals surface area contributed by atoms with Crippen molar-refractivity contribution < 1.29 is 14.6 Å². The van der Waals surface area contributed by atoms with E-state index in [0.29, 0.717) is 16.5 Å². The van der Waals surface area contributed by atoms with Gasteiger partial charge >= 0.3 is 0 Å². The largest absolute Gasteiger partial charge is 0.494 e. The summed E-state index contributed by atoms with van der Waals surface area (Å²) in [5.41, 5.74) is 5.26. The summed E-state index contributed by atoms with van der Waals surface area (Å²) in [6.45, 7) is 4.00. The number of thiocarbonyl (C=S) groups is 1. The molecule has 0 aliphatic carbocycles. The summed E-state index contributed by atoms with van der Waals surface area (Å²) in [6.07, 6.45) is 1.76. The lowest BCUT2D eigenvalue weighted by Gasteiger charge is -2.28. The summed E-state index contributed by atoms with van der Waals surface area (Å²) in [6, 6.07) is 26.4. The first-order chi connectivity index (χ1) is 22.2. The fourth-order valence-corrected chi connectivity index (χ4v) is 6.98. The molecule has 232 valence electrons. The highest BCUT2D eigenvalue weighted by Gasteiger charge is 2.42.